The molecule has 15 heavy (non-hydrogen) atoms. The first-order chi connectivity index (χ1) is 7.30. The summed E-state index contributed by atoms with van der Waals surface area (Å²) in [4.78, 5) is 10.2. The van der Waals surface area contributed by atoms with Crippen molar-refractivity contribution < 1.29 is 9.90 Å². The van der Waals surface area contributed by atoms with E-state index in [0.29, 0.717) is 5.56 Å². The fraction of sp³-hybridized carbons (Fsp3) is 0.300. The molecule has 0 saturated carbocycles. The predicted molar refractivity (Wildman–Crippen MR) is 57.2 cm³/mol. The third-order valence-electron chi connectivity index (χ3n) is 1.80. The van der Waals surface area contributed by atoms with Crippen molar-refractivity contribution in [3.63, 3.8) is 0 Å². The monoisotopic (exact) mass is 209 g/mol. The Hall–Kier alpha value is -1.43. The molecule has 1 aromatic carbocycles. The fourth-order valence-corrected chi connectivity index (χ4v) is 1.03. The molecule has 1 aliphatic heterocycles. The molecule has 0 amide bonds. The lowest BCUT2D eigenvalue weighted by Gasteiger charge is -2.12. The number of hydrazine groups is 2. The van der Waals surface area contributed by atoms with Crippen molar-refractivity contribution in [1.82, 2.24) is 16.4 Å². The lowest BCUT2D eigenvalue weighted by molar-refractivity contribution is 0.0697. The maximum absolute atomic E-state index is 10.2. The van der Waals surface area contributed by atoms with Crippen LogP contribution < -0.4 is 16.4 Å². The number of aromatic carboxylic acids is 1. The van der Waals surface area contributed by atoms with Gasteiger partial charge in [0.25, 0.3) is 0 Å². The molecule has 1 aromatic rings. The Balaban J connectivity index is 0.000000162. The lowest BCUT2D eigenvalue weighted by atomic mass is 10.2. The molecule has 1 fully saturated rings. The van der Waals surface area contributed by atoms with Crippen LogP contribution in [0.5, 0.6) is 0 Å². The van der Waals surface area contributed by atoms with Crippen molar-refractivity contribution in [2.24, 2.45) is 0 Å². The Morgan fingerprint density at radius 1 is 1.13 bits per heavy atom. The molecule has 0 aromatic heterocycles. The quantitative estimate of drug-likeness (QED) is 0.538. The maximum atomic E-state index is 10.2. The zero-order valence-corrected chi connectivity index (χ0v) is 8.36. The van der Waals surface area contributed by atoms with E-state index < -0.39 is 5.97 Å². The van der Waals surface area contributed by atoms with Gasteiger partial charge < -0.3 is 5.11 Å². The number of hydrogen-bond donors (Lipinski definition) is 4. The summed E-state index contributed by atoms with van der Waals surface area (Å²) in [5.74, 6) is -0.879. The summed E-state index contributed by atoms with van der Waals surface area (Å²) in [6, 6.07) is 8.30. The standard InChI is InChI=1S/C7H6O2.C3H9N3/c8-7(9)6-4-2-1-3-5-6;1-2-4-6-5-3-1/h1-5H,(H,8,9);4-6H,1-3H2. The van der Waals surface area contributed by atoms with Crippen molar-refractivity contribution >= 4 is 5.97 Å². The Bertz CT molecular complexity index is 274. The highest BCUT2D eigenvalue weighted by Crippen LogP contribution is 1.96. The predicted octanol–water partition coefficient (Wildman–Crippen LogP) is 0.374. The minimum absolute atomic E-state index is 0.331. The second-order valence-electron chi connectivity index (χ2n) is 3.00. The molecule has 82 valence electrons. The molecular formula is C10H15N3O2. The summed E-state index contributed by atoms with van der Waals surface area (Å²) in [6.07, 6.45) is 1.22. The van der Waals surface area contributed by atoms with Crippen molar-refractivity contribution in [3.05, 3.63) is 35.9 Å². The van der Waals surface area contributed by atoms with E-state index >= 15 is 0 Å². The SMILES string of the molecule is C1CNNNC1.O=C(O)c1ccccc1. The molecule has 5 heteroatoms. The molecule has 1 aliphatic rings. The van der Waals surface area contributed by atoms with Crippen LogP contribution in [0.15, 0.2) is 30.3 Å². The van der Waals surface area contributed by atoms with Crippen LogP contribution in [0.4, 0.5) is 0 Å². The number of benzene rings is 1. The minimum atomic E-state index is -0.879. The number of carbonyl (C=O) groups is 1. The highest BCUT2D eigenvalue weighted by atomic mass is 16.4. The van der Waals surface area contributed by atoms with Crippen LogP contribution in [-0.4, -0.2) is 24.2 Å². The van der Waals surface area contributed by atoms with Gasteiger partial charge in [-0.1, -0.05) is 18.2 Å². The Labute approximate surface area is 88.4 Å². The Morgan fingerprint density at radius 3 is 2.00 bits per heavy atom. The van der Waals surface area contributed by atoms with Gasteiger partial charge in [0.1, 0.15) is 0 Å². The van der Waals surface area contributed by atoms with E-state index in [0.717, 1.165) is 13.1 Å². The summed E-state index contributed by atoms with van der Waals surface area (Å²) in [5, 5.41) is 8.38. The fourth-order valence-electron chi connectivity index (χ4n) is 1.03. The lowest BCUT2D eigenvalue weighted by Crippen LogP contribution is -2.49. The molecule has 2 rings (SSSR count). The molecule has 4 N–H and O–H groups in total. The molecule has 0 unspecified atom stereocenters. The van der Waals surface area contributed by atoms with Gasteiger partial charge in [0, 0.05) is 13.1 Å². The average molecular weight is 209 g/mol. The smallest absolute Gasteiger partial charge is 0.335 e. The maximum Gasteiger partial charge on any atom is 0.335 e. The van der Waals surface area contributed by atoms with Gasteiger partial charge >= 0.3 is 5.97 Å². The highest BCUT2D eigenvalue weighted by molar-refractivity contribution is 5.87. The third kappa shape index (κ3) is 5.11. The summed E-state index contributed by atoms with van der Waals surface area (Å²) in [7, 11) is 0. The van der Waals surface area contributed by atoms with E-state index in [1.54, 1.807) is 30.3 Å². The Morgan fingerprint density at radius 2 is 1.73 bits per heavy atom. The van der Waals surface area contributed by atoms with Crippen LogP contribution in [0.3, 0.4) is 0 Å². The highest BCUT2D eigenvalue weighted by Gasteiger charge is 1.96. The van der Waals surface area contributed by atoms with Crippen molar-refractivity contribution in [2.75, 3.05) is 13.1 Å². The topological polar surface area (TPSA) is 73.4 Å². The van der Waals surface area contributed by atoms with Crippen molar-refractivity contribution in [3.8, 4) is 0 Å². The summed E-state index contributed by atoms with van der Waals surface area (Å²) >= 11 is 0. The molecule has 1 heterocycles. The van der Waals surface area contributed by atoms with E-state index in [1.807, 2.05) is 0 Å². The van der Waals surface area contributed by atoms with Crippen LogP contribution in [0.25, 0.3) is 0 Å². The van der Waals surface area contributed by atoms with Crippen LogP contribution >= 0.6 is 0 Å². The zero-order chi connectivity index (χ0) is 10.9. The first-order valence-corrected chi connectivity index (χ1v) is 4.80. The van der Waals surface area contributed by atoms with Gasteiger partial charge in [-0.05, 0) is 18.6 Å². The summed E-state index contributed by atoms with van der Waals surface area (Å²) < 4.78 is 0. The van der Waals surface area contributed by atoms with Crippen LogP contribution in [-0.2, 0) is 0 Å². The van der Waals surface area contributed by atoms with E-state index in [4.69, 9.17) is 5.11 Å². The third-order valence-corrected chi connectivity index (χ3v) is 1.80. The van der Waals surface area contributed by atoms with Gasteiger partial charge in [0.2, 0.25) is 0 Å². The van der Waals surface area contributed by atoms with E-state index in [1.165, 1.54) is 6.42 Å². The normalized spacial score (nSPS) is 14.9. The first-order valence-electron chi connectivity index (χ1n) is 4.80. The molecule has 0 bridgehead atoms. The van der Waals surface area contributed by atoms with Gasteiger partial charge in [0.15, 0.2) is 0 Å². The van der Waals surface area contributed by atoms with E-state index in [2.05, 4.69) is 16.4 Å². The number of hydrogen-bond acceptors (Lipinski definition) is 4. The second kappa shape index (κ2) is 6.94. The van der Waals surface area contributed by atoms with Gasteiger partial charge in [-0.15, -0.1) is 0 Å². The first kappa shape index (κ1) is 11.6. The van der Waals surface area contributed by atoms with Crippen LogP contribution in [0, 0.1) is 0 Å². The average Bonchev–Trinajstić information content (AvgIpc) is 2.33. The number of carboxylic acid groups (broad SMARTS) is 1. The second-order valence-corrected chi connectivity index (χ2v) is 3.00. The molecule has 0 spiro atoms. The number of nitrogens with one attached hydrogen (secondary N) is 3. The number of carboxylic acids is 1. The molecule has 0 radical (unpaired) electrons. The molecule has 1 saturated heterocycles. The summed E-state index contributed by atoms with van der Waals surface area (Å²) in [5.41, 5.74) is 8.96. The zero-order valence-electron chi connectivity index (χ0n) is 8.36. The van der Waals surface area contributed by atoms with E-state index in [9.17, 15) is 4.79 Å². The van der Waals surface area contributed by atoms with Gasteiger partial charge in [-0.3, -0.25) is 0 Å². The summed E-state index contributed by atoms with van der Waals surface area (Å²) in [6.45, 7) is 2.15. The van der Waals surface area contributed by atoms with Gasteiger partial charge in [-0.25, -0.2) is 15.6 Å². The van der Waals surface area contributed by atoms with E-state index in [-0.39, 0.29) is 0 Å². The van der Waals surface area contributed by atoms with Crippen molar-refractivity contribution in [2.45, 2.75) is 6.42 Å². The largest absolute Gasteiger partial charge is 0.478 e. The molecule has 0 aliphatic carbocycles. The molecular weight excluding hydrogens is 194 g/mol. The molecule has 5 nitrogen and oxygen atoms in total. The van der Waals surface area contributed by atoms with Crippen molar-refractivity contribution in [1.29, 1.82) is 0 Å². The van der Waals surface area contributed by atoms with Gasteiger partial charge in [-0.2, -0.15) is 5.53 Å². The minimum Gasteiger partial charge on any atom is -0.478 e. The molecule has 0 atom stereocenters. The van der Waals surface area contributed by atoms with Gasteiger partial charge in [0.05, 0.1) is 5.56 Å². The number of rotatable bonds is 1. The van der Waals surface area contributed by atoms with Crippen LogP contribution in [0.2, 0.25) is 0 Å². The van der Waals surface area contributed by atoms with Crippen LogP contribution in [0.1, 0.15) is 16.8 Å². The Kier molecular flexibility index (Phi) is 5.39.